The molecule has 0 fully saturated rings. The average Bonchev–Trinajstić information content (AvgIpc) is 3.13. The molecule has 0 radical (unpaired) electrons. The summed E-state index contributed by atoms with van der Waals surface area (Å²) in [5, 5.41) is 8.35. The molecule has 4 nitrogen and oxygen atoms in total. The summed E-state index contributed by atoms with van der Waals surface area (Å²) < 4.78 is 1.84. The maximum Gasteiger partial charge on any atom is 0.0971 e. The Morgan fingerprint density at radius 2 is 1.48 bits per heavy atom. The van der Waals surface area contributed by atoms with Crippen LogP contribution in [0.5, 0.6) is 0 Å². The molecule has 2 aromatic rings. The van der Waals surface area contributed by atoms with E-state index in [4.69, 9.17) is 0 Å². The van der Waals surface area contributed by atoms with E-state index in [2.05, 4.69) is 46.4 Å². The third-order valence-electron chi connectivity index (χ3n) is 3.04. The van der Waals surface area contributed by atoms with Gasteiger partial charge in [-0.05, 0) is 44.6 Å². The molecular formula is C21H40N4. The molecule has 4 heteroatoms. The summed E-state index contributed by atoms with van der Waals surface area (Å²) in [6.45, 7) is 15.0. The van der Waals surface area contributed by atoms with Gasteiger partial charge in [-0.3, -0.25) is 0 Å². The Morgan fingerprint density at radius 1 is 0.920 bits per heavy atom. The van der Waals surface area contributed by atoms with Gasteiger partial charge in [0.2, 0.25) is 0 Å². The second kappa shape index (κ2) is 17.2. The van der Waals surface area contributed by atoms with E-state index < -0.39 is 0 Å². The molecule has 0 unspecified atom stereocenters. The van der Waals surface area contributed by atoms with Crippen LogP contribution in [-0.4, -0.2) is 34.0 Å². The van der Waals surface area contributed by atoms with Crippen LogP contribution >= 0.6 is 0 Å². The first-order chi connectivity index (χ1) is 12.2. The van der Waals surface area contributed by atoms with Crippen LogP contribution in [0.25, 0.3) is 5.69 Å². The van der Waals surface area contributed by atoms with Crippen LogP contribution in [0.2, 0.25) is 0 Å². The minimum atomic E-state index is 0.814. The Balaban J connectivity index is 0. The van der Waals surface area contributed by atoms with Gasteiger partial charge in [0.15, 0.2) is 0 Å². The number of aryl methyl sites for hydroxylation is 1. The van der Waals surface area contributed by atoms with Crippen LogP contribution in [0.15, 0.2) is 30.5 Å². The van der Waals surface area contributed by atoms with Crippen LogP contribution in [0, 0.1) is 0 Å². The Bertz CT molecular complexity index is 501. The molecule has 0 spiro atoms. The molecule has 1 heterocycles. The van der Waals surface area contributed by atoms with Gasteiger partial charge < -0.3 is 4.90 Å². The molecular weight excluding hydrogens is 308 g/mol. The first-order valence-electron chi connectivity index (χ1n) is 9.84. The molecule has 0 amide bonds. The monoisotopic (exact) mass is 348 g/mol. The highest BCUT2D eigenvalue weighted by molar-refractivity contribution is 5.33. The third-order valence-corrected chi connectivity index (χ3v) is 3.04. The summed E-state index contributed by atoms with van der Waals surface area (Å²) in [6, 6.07) is 8.58. The SMILES string of the molecule is CC.CC.CC.CCCCc1ccc(-n2cc(CN(C)C)nn2)cc1. The molecule has 0 saturated heterocycles. The zero-order valence-electron chi connectivity index (χ0n) is 18.0. The molecule has 1 aromatic heterocycles. The Morgan fingerprint density at radius 3 is 1.96 bits per heavy atom. The van der Waals surface area contributed by atoms with Crippen molar-refractivity contribution in [2.24, 2.45) is 0 Å². The Kier molecular flexibility index (Phi) is 17.5. The van der Waals surface area contributed by atoms with Crippen molar-refractivity contribution in [3.63, 3.8) is 0 Å². The molecule has 0 aliphatic rings. The lowest BCUT2D eigenvalue weighted by Gasteiger charge is -2.05. The van der Waals surface area contributed by atoms with Crippen molar-refractivity contribution in [1.82, 2.24) is 19.9 Å². The van der Waals surface area contributed by atoms with Crippen LogP contribution in [0.1, 0.15) is 72.6 Å². The largest absolute Gasteiger partial charge is 0.303 e. The van der Waals surface area contributed by atoms with Gasteiger partial charge in [-0.2, -0.15) is 0 Å². The normalized spacial score (nSPS) is 9.20. The van der Waals surface area contributed by atoms with Gasteiger partial charge in [0.1, 0.15) is 0 Å². The average molecular weight is 349 g/mol. The molecule has 2 rings (SSSR count). The van der Waals surface area contributed by atoms with Gasteiger partial charge >= 0.3 is 0 Å². The number of rotatable bonds is 6. The molecule has 1 aromatic carbocycles. The zero-order chi connectivity index (χ0) is 19.7. The molecule has 0 bridgehead atoms. The number of unbranched alkanes of at least 4 members (excludes halogenated alkanes) is 1. The number of aromatic nitrogens is 3. The Hall–Kier alpha value is -1.68. The fourth-order valence-corrected chi connectivity index (χ4v) is 2.02. The van der Waals surface area contributed by atoms with Crippen LogP contribution in [0.3, 0.4) is 0 Å². The Labute approximate surface area is 156 Å². The second-order valence-electron chi connectivity index (χ2n) is 5.16. The van der Waals surface area contributed by atoms with E-state index in [1.807, 2.05) is 66.5 Å². The van der Waals surface area contributed by atoms with Crippen LogP contribution in [-0.2, 0) is 13.0 Å². The smallest absolute Gasteiger partial charge is 0.0971 e. The van der Waals surface area contributed by atoms with Crippen molar-refractivity contribution in [2.45, 2.75) is 74.3 Å². The quantitative estimate of drug-likeness (QED) is 0.666. The second-order valence-corrected chi connectivity index (χ2v) is 5.16. The van der Waals surface area contributed by atoms with Gasteiger partial charge in [-0.15, -0.1) is 5.10 Å². The maximum atomic E-state index is 4.18. The van der Waals surface area contributed by atoms with E-state index in [1.54, 1.807) is 0 Å². The van der Waals surface area contributed by atoms with E-state index >= 15 is 0 Å². The van der Waals surface area contributed by atoms with Gasteiger partial charge in [0.25, 0.3) is 0 Å². The van der Waals surface area contributed by atoms with Gasteiger partial charge in [-0.1, -0.05) is 72.2 Å². The molecule has 0 N–H and O–H groups in total. The molecule has 25 heavy (non-hydrogen) atoms. The maximum absolute atomic E-state index is 4.18. The van der Waals surface area contributed by atoms with E-state index in [9.17, 15) is 0 Å². The fraction of sp³-hybridized carbons (Fsp3) is 0.619. The summed E-state index contributed by atoms with van der Waals surface area (Å²) in [6.07, 6.45) is 5.62. The molecule has 144 valence electrons. The van der Waals surface area contributed by atoms with Gasteiger partial charge in [0.05, 0.1) is 17.6 Å². The minimum absolute atomic E-state index is 0.814. The standard InChI is InChI=1S/C15H22N4.3C2H6/c1-4-5-6-13-7-9-15(10-8-13)19-12-14(16-17-19)11-18(2)3;3*1-2/h7-10,12H,4-6,11H2,1-3H3;3*1-2H3. The van der Waals surface area contributed by atoms with E-state index in [0.717, 1.165) is 24.3 Å². The zero-order valence-corrected chi connectivity index (χ0v) is 18.0. The summed E-state index contributed by atoms with van der Waals surface area (Å²) in [7, 11) is 4.06. The predicted molar refractivity (Wildman–Crippen MR) is 111 cm³/mol. The van der Waals surface area contributed by atoms with E-state index in [0.29, 0.717) is 0 Å². The van der Waals surface area contributed by atoms with Crippen molar-refractivity contribution in [3.05, 3.63) is 41.7 Å². The number of benzene rings is 1. The minimum Gasteiger partial charge on any atom is -0.303 e. The summed E-state index contributed by atoms with van der Waals surface area (Å²) in [4.78, 5) is 2.09. The summed E-state index contributed by atoms with van der Waals surface area (Å²) in [5.41, 5.74) is 3.44. The lowest BCUT2D eigenvalue weighted by Crippen LogP contribution is -2.10. The van der Waals surface area contributed by atoms with E-state index in [-0.39, 0.29) is 0 Å². The lowest BCUT2D eigenvalue weighted by atomic mass is 10.1. The van der Waals surface area contributed by atoms with Crippen molar-refractivity contribution >= 4 is 0 Å². The number of hydrogen-bond donors (Lipinski definition) is 0. The van der Waals surface area contributed by atoms with Crippen molar-refractivity contribution in [2.75, 3.05) is 14.1 Å². The third kappa shape index (κ3) is 10.7. The molecule has 0 saturated carbocycles. The van der Waals surface area contributed by atoms with Crippen molar-refractivity contribution < 1.29 is 0 Å². The van der Waals surface area contributed by atoms with Gasteiger partial charge in [0, 0.05) is 6.54 Å². The first kappa shape index (κ1) is 25.6. The highest BCUT2D eigenvalue weighted by atomic mass is 15.4. The van der Waals surface area contributed by atoms with Crippen LogP contribution < -0.4 is 0 Å². The van der Waals surface area contributed by atoms with Gasteiger partial charge in [-0.25, -0.2) is 4.68 Å². The van der Waals surface area contributed by atoms with E-state index in [1.165, 1.54) is 18.4 Å². The predicted octanol–water partition coefficient (Wildman–Crippen LogP) is 5.75. The highest BCUT2D eigenvalue weighted by Gasteiger charge is 2.03. The summed E-state index contributed by atoms with van der Waals surface area (Å²) in [5.74, 6) is 0. The molecule has 0 atom stereocenters. The first-order valence-corrected chi connectivity index (χ1v) is 9.84. The number of hydrogen-bond acceptors (Lipinski definition) is 3. The summed E-state index contributed by atoms with van der Waals surface area (Å²) >= 11 is 0. The van der Waals surface area contributed by atoms with Crippen LogP contribution in [0.4, 0.5) is 0 Å². The highest BCUT2D eigenvalue weighted by Crippen LogP contribution is 2.11. The fourth-order valence-electron chi connectivity index (χ4n) is 2.02. The van der Waals surface area contributed by atoms with Crippen molar-refractivity contribution in [1.29, 1.82) is 0 Å². The lowest BCUT2D eigenvalue weighted by molar-refractivity contribution is 0.396. The molecule has 0 aliphatic carbocycles. The topological polar surface area (TPSA) is 34.0 Å². The number of nitrogens with zero attached hydrogens (tertiary/aromatic N) is 4. The molecule has 0 aliphatic heterocycles. The van der Waals surface area contributed by atoms with Crippen molar-refractivity contribution in [3.8, 4) is 5.69 Å².